The van der Waals surface area contributed by atoms with Gasteiger partial charge in [0.2, 0.25) is 5.91 Å². The van der Waals surface area contributed by atoms with E-state index in [9.17, 15) is 9.18 Å². The number of rotatable bonds is 1. The summed E-state index contributed by atoms with van der Waals surface area (Å²) in [6.45, 7) is 2.62. The average molecular weight is 302 g/mol. The monoisotopic (exact) mass is 302 g/mol. The third-order valence-electron chi connectivity index (χ3n) is 4.82. The fourth-order valence-electron chi connectivity index (χ4n) is 3.64. The van der Waals surface area contributed by atoms with Gasteiger partial charge in [0.1, 0.15) is 5.82 Å². The van der Waals surface area contributed by atoms with E-state index in [0.29, 0.717) is 32.7 Å². The average Bonchev–Trinajstić information content (AvgIpc) is 2.92. The lowest BCUT2D eigenvalue weighted by atomic mass is 9.85. The molecular formula is C17H19FN2O2. The first-order valence-corrected chi connectivity index (χ1v) is 7.88. The zero-order valence-electron chi connectivity index (χ0n) is 12.4. The Kier molecular flexibility index (Phi) is 3.37. The van der Waals surface area contributed by atoms with Crippen molar-refractivity contribution in [1.29, 1.82) is 0 Å². The van der Waals surface area contributed by atoms with Gasteiger partial charge >= 0.3 is 0 Å². The number of H-pyrrole nitrogens is 1. The van der Waals surface area contributed by atoms with Gasteiger partial charge in [-0.15, -0.1) is 0 Å². The molecule has 4 rings (SSSR count). The number of amides is 1. The molecule has 2 aliphatic rings. The topological polar surface area (TPSA) is 45.3 Å². The number of halogens is 1. The zero-order chi connectivity index (χ0) is 15.1. The number of ether oxygens (including phenoxy) is 1. The van der Waals surface area contributed by atoms with Gasteiger partial charge in [0.25, 0.3) is 0 Å². The molecule has 0 bridgehead atoms. The molecule has 1 aromatic carbocycles. The summed E-state index contributed by atoms with van der Waals surface area (Å²) in [5.74, 6) is 0.00324. The molecule has 22 heavy (non-hydrogen) atoms. The summed E-state index contributed by atoms with van der Waals surface area (Å²) in [4.78, 5) is 18.0. The van der Waals surface area contributed by atoms with Gasteiger partial charge < -0.3 is 14.6 Å². The molecule has 1 unspecified atom stereocenters. The molecule has 0 radical (unpaired) electrons. The van der Waals surface area contributed by atoms with Crippen LogP contribution >= 0.6 is 0 Å². The number of hydrogen-bond donors (Lipinski definition) is 1. The van der Waals surface area contributed by atoms with E-state index in [0.717, 1.165) is 35.0 Å². The number of aromatic nitrogens is 1. The van der Waals surface area contributed by atoms with E-state index in [4.69, 9.17) is 4.74 Å². The highest BCUT2D eigenvalue weighted by atomic mass is 19.1. The van der Waals surface area contributed by atoms with Crippen molar-refractivity contribution in [1.82, 2.24) is 9.88 Å². The molecule has 1 atom stereocenters. The van der Waals surface area contributed by atoms with Crippen LogP contribution in [0, 0.1) is 11.7 Å². The van der Waals surface area contributed by atoms with Gasteiger partial charge in [-0.25, -0.2) is 4.39 Å². The number of fused-ring (bicyclic) bond motifs is 3. The minimum absolute atomic E-state index is 0.00728. The van der Waals surface area contributed by atoms with Gasteiger partial charge in [-0.1, -0.05) is 0 Å². The van der Waals surface area contributed by atoms with Crippen molar-refractivity contribution in [2.45, 2.75) is 19.3 Å². The summed E-state index contributed by atoms with van der Waals surface area (Å²) in [6.07, 6.45) is 2.42. The fraction of sp³-hybridized carbons (Fsp3) is 0.471. The Hall–Kier alpha value is -1.88. The van der Waals surface area contributed by atoms with E-state index in [1.807, 2.05) is 4.90 Å². The molecule has 1 aliphatic carbocycles. The zero-order valence-corrected chi connectivity index (χ0v) is 12.4. The molecule has 0 saturated carbocycles. The number of benzene rings is 1. The van der Waals surface area contributed by atoms with Crippen LogP contribution in [0.1, 0.15) is 17.7 Å². The number of nitrogens with zero attached hydrogens (tertiary/aromatic N) is 1. The molecule has 0 spiro atoms. The number of morpholine rings is 1. The molecule has 1 N–H and O–H groups in total. The van der Waals surface area contributed by atoms with E-state index >= 15 is 0 Å². The summed E-state index contributed by atoms with van der Waals surface area (Å²) in [7, 11) is 0. The van der Waals surface area contributed by atoms with Crippen molar-refractivity contribution in [3.63, 3.8) is 0 Å². The van der Waals surface area contributed by atoms with Crippen LogP contribution in [-0.4, -0.2) is 42.1 Å². The number of hydrogen-bond acceptors (Lipinski definition) is 2. The molecule has 1 amide bonds. The SMILES string of the molecule is O=C(C1CCc2[nH]c3ccc(F)cc3c2C1)N1CCOCC1. The van der Waals surface area contributed by atoms with Crippen LogP contribution in [0.5, 0.6) is 0 Å². The van der Waals surface area contributed by atoms with Crippen molar-refractivity contribution >= 4 is 16.8 Å². The maximum Gasteiger partial charge on any atom is 0.226 e. The van der Waals surface area contributed by atoms with E-state index in [1.54, 1.807) is 12.1 Å². The molecule has 116 valence electrons. The highest BCUT2D eigenvalue weighted by molar-refractivity contribution is 5.87. The Labute approximate surface area is 128 Å². The summed E-state index contributed by atoms with van der Waals surface area (Å²) >= 11 is 0. The maximum absolute atomic E-state index is 13.5. The van der Waals surface area contributed by atoms with Crippen molar-refractivity contribution in [3.8, 4) is 0 Å². The Morgan fingerprint density at radius 1 is 1.32 bits per heavy atom. The lowest BCUT2D eigenvalue weighted by Crippen LogP contribution is -2.44. The first-order valence-electron chi connectivity index (χ1n) is 7.88. The van der Waals surface area contributed by atoms with E-state index in [2.05, 4.69) is 4.98 Å². The van der Waals surface area contributed by atoms with Crippen LogP contribution in [0.2, 0.25) is 0 Å². The van der Waals surface area contributed by atoms with E-state index in [-0.39, 0.29) is 17.6 Å². The Balaban J connectivity index is 1.61. The second-order valence-corrected chi connectivity index (χ2v) is 6.15. The van der Waals surface area contributed by atoms with Crippen molar-refractivity contribution < 1.29 is 13.9 Å². The molecule has 1 aromatic heterocycles. The van der Waals surface area contributed by atoms with Crippen LogP contribution in [0.4, 0.5) is 4.39 Å². The van der Waals surface area contributed by atoms with Gasteiger partial charge in [0, 0.05) is 35.6 Å². The minimum Gasteiger partial charge on any atom is -0.378 e. The lowest BCUT2D eigenvalue weighted by molar-refractivity contribution is -0.140. The van der Waals surface area contributed by atoms with E-state index < -0.39 is 0 Å². The molecule has 1 saturated heterocycles. The lowest BCUT2D eigenvalue weighted by Gasteiger charge is -2.32. The molecule has 2 aromatic rings. The van der Waals surface area contributed by atoms with Gasteiger partial charge in [-0.3, -0.25) is 4.79 Å². The molecular weight excluding hydrogens is 283 g/mol. The number of aryl methyl sites for hydroxylation is 1. The van der Waals surface area contributed by atoms with Crippen LogP contribution in [0.3, 0.4) is 0 Å². The van der Waals surface area contributed by atoms with Crippen LogP contribution in [0.15, 0.2) is 18.2 Å². The first kappa shape index (κ1) is 13.8. The minimum atomic E-state index is -0.226. The third kappa shape index (κ3) is 2.29. The summed E-state index contributed by atoms with van der Waals surface area (Å²) in [5, 5.41) is 0.925. The quantitative estimate of drug-likeness (QED) is 0.878. The van der Waals surface area contributed by atoms with Crippen LogP contribution in [-0.2, 0) is 22.4 Å². The van der Waals surface area contributed by atoms with Crippen molar-refractivity contribution in [2.75, 3.05) is 26.3 Å². The highest BCUT2D eigenvalue weighted by Gasteiger charge is 2.31. The second kappa shape index (κ2) is 5.39. The van der Waals surface area contributed by atoms with E-state index in [1.165, 1.54) is 6.07 Å². The standard InChI is InChI=1S/C17H19FN2O2/c18-12-2-4-16-14(10-12)13-9-11(1-3-15(13)19-16)17(21)20-5-7-22-8-6-20/h2,4,10-11,19H,1,3,5-9H2. The number of aromatic amines is 1. The fourth-order valence-corrected chi connectivity index (χ4v) is 3.64. The van der Waals surface area contributed by atoms with Gasteiger partial charge in [-0.05, 0) is 43.0 Å². The molecule has 1 aliphatic heterocycles. The molecule has 5 heteroatoms. The predicted molar refractivity (Wildman–Crippen MR) is 81.2 cm³/mol. The van der Waals surface area contributed by atoms with Gasteiger partial charge in [-0.2, -0.15) is 0 Å². The summed E-state index contributed by atoms with van der Waals surface area (Å²) in [6, 6.07) is 4.83. The smallest absolute Gasteiger partial charge is 0.226 e. The van der Waals surface area contributed by atoms with Gasteiger partial charge in [0.15, 0.2) is 0 Å². The first-order chi connectivity index (χ1) is 10.7. The number of carbonyl (C=O) groups is 1. The summed E-state index contributed by atoms with van der Waals surface area (Å²) < 4.78 is 18.8. The summed E-state index contributed by atoms with van der Waals surface area (Å²) in [5.41, 5.74) is 3.24. The van der Waals surface area contributed by atoms with Crippen molar-refractivity contribution in [2.24, 2.45) is 5.92 Å². The molecule has 4 nitrogen and oxygen atoms in total. The Bertz CT molecular complexity index is 719. The molecule has 1 fully saturated rings. The largest absolute Gasteiger partial charge is 0.378 e. The normalized spacial score (nSPS) is 21.9. The molecule has 2 heterocycles. The maximum atomic E-state index is 13.5. The van der Waals surface area contributed by atoms with Gasteiger partial charge in [0.05, 0.1) is 13.2 Å². The number of carbonyl (C=O) groups excluding carboxylic acids is 1. The van der Waals surface area contributed by atoms with Crippen molar-refractivity contribution in [3.05, 3.63) is 35.3 Å². The third-order valence-corrected chi connectivity index (χ3v) is 4.82. The van der Waals surface area contributed by atoms with Crippen LogP contribution < -0.4 is 0 Å². The highest BCUT2D eigenvalue weighted by Crippen LogP contribution is 2.33. The Morgan fingerprint density at radius 3 is 2.95 bits per heavy atom. The predicted octanol–water partition coefficient (Wildman–Crippen LogP) is 2.27. The second-order valence-electron chi connectivity index (χ2n) is 6.15. The number of nitrogens with one attached hydrogen (secondary N) is 1. The van der Waals surface area contributed by atoms with Crippen LogP contribution in [0.25, 0.3) is 10.9 Å². The Morgan fingerprint density at radius 2 is 2.14 bits per heavy atom.